The quantitative estimate of drug-likeness (QED) is 0.834. The Bertz CT molecular complexity index is 721. The zero-order valence-electron chi connectivity index (χ0n) is 14.3. The zero-order chi connectivity index (χ0) is 19.7. The molecule has 0 unspecified atom stereocenters. The zero-order valence-corrected chi connectivity index (χ0v) is 14.3. The van der Waals surface area contributed by atoms with Crippen molar-refractivity contribution in [1.29, 1.82) is 0 Å². The number of aliphatic imine (C=N–C) groups is 1. The van der Waals surface area contributed by atoms with Gasteiger partial charge in [0.05, 0.1) is 12.0 Å². The SMILES string of the molecule is CN1C(=O)C[C@](C)([C@@H]2C[C@@H]2c2ccccc2)N=C1N.O=C(O)C(F)(F)F. The van der Waals surface area contributed by atoms with Gasteiger partial charge in [-0.05, 0) is 30.7 Å². The second kappa shape index (κ2) is 6.97. The third-order valence-corrected chi connectivity index (χ3v) is 4.66. The largest absolute Gasteiger partial charge is 0.490 e. The van der Waals surface area contributed by atoms with Gasteiger partial charge in [-0.3, -0.25) is 9.69 Å². The molecule has 1 aliphatic heterocycles. The molecule has 1 aromatic carbocycles. The van der Waals surface area contributed by atoms with Gasteiger partial charge in [-0.25, -0.2) is 9.79 Å². The molecule has 0 saturated heterocycles. The van der Waals surface area contributed by atoms with E-state index in [-0.39, 0.29) is 11.4 Å². The van der Waals surface area contributed by atoms with Crippen LogP contribution in [0.2, 0.25) is 0 Å². The maximum Gasteiger partial charge on any atom is 0.490 e. The summed E-state index contributed by atoms with van der Waals surface area (Å²) in [5.74, 6) is -1.41. The van der Waals surface area contributed by atoms with Crippen molar-refractivity contribution < 1.29 is 27.9 Å². The molecule has 0 aromatic heterocycles. The molecule has 0 radical (unpaired) electrons. The van der Waals surface area contributed by atoms with Crippen LogP contribution < -0.4 is 5.73 Å². The van der Waals surface area contributed by atoms with E-state index < -0.39 is 12.1 Å². The first-order valence-electron chi connectivity index (χ1n) is 7.92. The highest BCUT2D eigenvalue weighted by Gasteiger charge is 2.53. The Morgan fingerprint density at radius 2 is 1.88 bits per heavy atom. The smallest absolute Gasteiger partial charge is 0.475 e. The molecule has 1 heterocycles. The highest BCUT2D eigenvalue weighted by atomic mass is 19.4. The Balaban J connectivity index is 0.000000298. The van der Waals surface area contributed by atoms with E-state index in [4.69, 9.17) is 15.6 Å². The summed E-state index contributed by atoms with van der Waals surface area (Å²) < 4.78 is 31.7. The van der Waals surface area contributed by atoms with Crippen molar-refractivity contribution in [1.82, 2.24) is 4.90 Å². The highest BCUT2D eigenvalue weighted by molar-refractivity contribution is 5.98. The van der Waals surface area contributed by atoms with Crippen LogP contribution in [-0.2, 0) is 9.59 Å². The average molecular weight is 371 g/mol. The number of hydrogen-bond donors (Lipinski definition) is 2. The number of guanidine groups is 1. The molecular weight excluding hydrogens is 351 g/mol. The first kappa shape index (κ1) is 19.7. The van der Waals surface area contributed by atoms with Gasteiger partial charge in [0.1, 0.15) is 0 Å². The van der Waals surface area contributed by atoms with Crippen LogP contribution in [0, 0.1) is 5.92 Å². The van der Waals surface area contributed by atoms with Gasteiger partial charge >= 0.3 is 12.1 Å². The molecule has 2 aliphatic rings. The molecule has 6 nitrogen and oxygen atoms in total. The Labute approximate surface area is 148 Å². The minimum Gasteiger partial charge on any atom is -0.475 e. The van der Waals surface area contributed by atoms with Gasteiger partial charge in [-0.1, -0.05) is 30.3 Å². The van der Waals surface area contributed by atoms with Crippen LogP contribution in [0.5, 0.6) is 0 Å². The molecule has 26 heavy (non-hydrogen) atoms. The lowest BCUT2D eigenvalue weighted by molar-refractivity contribution is -0.192. The van der Waals surface area contributed by atoms with Gasteiger partial charge in [-0.2, -0.15) is 13.2 Å². The van der Waals surface area contributed by atoms with Crippen LogP contribution >= 0.6 is 0 Å². The minimum absolute atomic E-state index is 0.0636. The number of hydrogen-bond acceptors (Lipinski definition) is 4. The van der Waals surface area contributed by atoms with Crippen molar-refractivity contribution in [2.75, 3.05) is 7.05 Å². The molecule has 1 aromatic rings. The first-order chi connectivity index (χ1) is 12.0. The summed E-state index contributed by atoms with van der Waals surface area (Å²) in [7, 11) is 1.68. The molecule has 3 atom stereocenters. The molecule has 1 aliphatic carbocycles. The van der Waals surface area contributed by atoms with Crippen LogP contribution in [0.1, 0.15) is 31.2 Å². The van der Waals surface area contributed by atoms with Crippen molar-refractivity contribution >= 4 is 17.8 Å². The van der Waals surface area contributed by atoms with Gasteiger partial charge in [0.2, 0.25) is 5.91 Å². The number of carboxylic acid groups (broad SMARTS) is 1. The summed E-state index contributed by atoms with van der Waals surface area (Å²) in [6.45, 7) is 2.05. The molecule has 0 spiro atoms. The number of nitrogens with two attached hydrogens (primary N) is 1. The van der Waals surface area contributed by atoms with Crippen molar-refractivity contribution in [2.45, 2.75) is 37.4 Å². The van der Waals surface area contributed by atoms with E-state index in [0.29, 0.717) is 24.2 Å². The van der Waals surface area contributed by atoms with Crippen LogP contribution in [0.4, 0.5) is 13.2 Å². The van der Waals surface area contributed by atoms with E-state index in [1.807, 2.05) is 6.07 Å². The topological polar surface area (TPSA) is 96.0 Å². The Hall–Kier alpha value is -2.58. The fraction of sp³-hybridized carbons (Fsp3) is 0.471. The number of aliphatic carboxylic acids is 1. The molecule has 9 heteroatoms. The van der Waals surface area contributed by atoms with E-state index in [0.717, 1.165) is 6.42 Å². The van der Waals surface area contributed by atoms with Gasteiger partial charge in [0, 0.05) is 7.05 Å². The van der Waals surface area contributed by atoms with Crippen LogP contribution in [0.15, 0.2) is 35.3 Å². The van der Waals surface area contributed by atoms with E-state index >= 15 is 0 Å². The van der Waals surface area contributed by atoms with Crippen molar-refractivity contribution in [3.8, 4) is 0 Å². The molecule has 1 saturated carbocycles. The number of halogens is 3. The monoisotopic (exact) mass is 371 g/mol. The third kappa shape index (κ3) is 4.33. The Morgan fingerprint density at radius 1 is 1.35 bits per heavy atom. The molecule has 1 amide bonds. The lowest BCUT2D eigenvalue weighted by Crippen LogP contribution is -2.49. The summed E-state index contributed by atoms with van der Waals surface area (Å²) in [6.07, 6.45) is -3.54. The van der Waals surface area contributed by atoms with Crippen LogP contribution in [-0.4, -0.2) is 46.6 Å². The van der Waals surface area contributed by atoms with Gasteiger partial charge < -0.3 is 10.8 Å². The minimum atomic E-state index is -5.08. The number of alkyl halides is 3. The van der Waals surface area contributed by atoms with Crippen LogP contribution in [0.25, 0.3) is 0 Å². The molecule has 1 fully saturated rings. The lowest BCUT2D eigenvalue weighted by Gasteiger charge is -2.33. The maximum atomic E-state index is 12.0. The standard InChI is InChI=1S/C15H19N3O.C2HF3O2/c1-15(9-13(19)18(2)14(16)17-15)12-8-11(12)10-6-4-3-5-7-10;3-2(4,5)1(6)7/h3-7,11-12H,8-9H2,1-2H3,(H2,16,17);(H,6,7)/t11-,12-,15-;/m1./s1. The number of carboxylic acids is 1. The number of amides is 1. The maximum absolute atomic E-state index is 12.0. The van der Waals surface area contributed by atoms with Gasteiger partial charge in [0.15, 0.2) is 5.96 Å². The summed E-state index contributed by atoms with van der Waals surface area (Å²) in [5.41, 5.74) is 6.85. The summed E-state index contributed by atoms with van der Waals surface area (Å²) in [6, 6.07) is 10.4. The summed E-state index contributed by atoms with van der Waals surface area (Å²) >= 11 is 0. The Morgan fingerprint density at radius 3 is 2.35 bits per heavy atom. The number of rotatable bonds is 2. The summed E-state index contributed by atoms with van der Waals surface area (Å²) in [4.78, 5) is 26.9. The van der Waals surface area contributed by atoms with E-state index in [1.54, 1.807) is 7.05 Å². The number of carbonyl (C=O) groups is 2. The normalized spacial score (nSPS) is 28.0. The number of nitrogens with zero attached hydrogens (tertiary/aromatic N) is 2. The fourth-order valence-corrected chi connectivity index (χ4v) is 3.09. The number of benzene rings is 1. The van der Waals surface area contributed by atoms with Crippen molar-refractivity contribution in [3.05, 3.63) is 35.9 Å². The highest BCUT2D eigenvalue weighted by Crippen LogP contribution is 2.56. The van der Waals surface area contributed by atoms with Gasteiger partial charge in [0.25, 0.3) is 0 Å². The van der Waals surface area contributed by atoms with Crippen molar-refractivity contribution in [3.63, 3.8) is 0 Å². The molecule has 142 valence electrons. The Kier molecular flexibility index (Phi) is 5.29. The number of carbonyl (C=O) groups excluding carboxylic acids is 1. The first-order valence-corrected chi connectivity index (χ1v) is 7.92. The van der Waals surface area contributed by atoms with Crippen LogP contribution in [0.3, 0.4) is 0 Å². The second-order valence-electron chi connectivity index (χ2n) is 6.62. The predicted octanol–water partition coefficient (Wildman–Crippen LogP) is 2.36. The second-order valence-corrected chi connectivity index (χ2v) is 6.62. The molecular formula is C17H20F3N3O3. The average Bonchev–Trinajstić information content (AvgIpc) is 3.34. The fourth-order valence-electron chi connectivity index (χ4n) is 3.09. The van der Waals surface area contributed by atoms with E-state index in [9.17, 15) is 18.0 Å². The summed E-state index contributed by atoms with van der Waals surface area (Å²) in [5, 5.41) is 7.12. The lowest BCUT2D eigenvalue weighted by atomic mass is 9.88. The molecule has 3 N–H and O–H groups in total. The third-order valence-electron chi connectivity index (χ3n) is 4.66. The van der Waals surface area contributed by atoms with Gasteiger partial charge in [-0.15, -0.1) is 0 Å². The van der Waals surface area contributed by atoms with E-state index in [2.05, 4.69) is 36.2 Å². The molecule has 0 bridgehead atoms. The predicted molar refractivity (Wildman–Crippen MR) is 88.4 cm³/mol. The van der Waals surface area contributed by atoms with Crippen molar-refractivity contribution in [2.24, 2.45) is 16.6 Å². The van der Waals surface area contributed by atoms with E-state index in [1.165, 1.54) is 10.5 Å². The molecule has 3 rings (SSSR count).